The van der Waals surface area contributed by atoms with Gasteiger partial charge in [-0.3, -0.25) is 9.52 Å². The van der Waals surface area contributed by atoms with Crippen molar-refractivity contribution in [1.82, 2.24) is 5.32 Å². The summed E-state index contributed by atoms with van der Waals surface area (Å²) in [6, 6.07) is 22.5. The third-order valence-electron chi connectivity index (χ3n) is 4.01. The molecule has 0 unspecified atom stereocenters. The summed E-state index contributed by atoms with van der Waals surface area (Å²) >= 11 is 0. The van der Waals surface area contributed by atoms with Crippen LogP contribution in [0.25, 0.3) is 0 Å². The first kappa shape index (κ1) is 18.7. The minimum atomic E-state index is -3.78. The minimum absolute atomic E-state index is 0.0374. The van der Waals surface area contributed by atoms with Gasteiger partial charge in [-0.25, -0.2) is 8.42 Å². The summed E-state index contributed by atoms with van der Waals surface area (Å²) < 4.78 is 27.7. The van der Waals surface area contributed by atoms with Gasteiger partial charge in [-0.1, -0.05) is 54.1 Å². The Hall–Kier alpha value is -3.12. The Labute approximate surface area is 159 Å². The first-order valence-corrected chi connectivity index (χ1v) is 9.94. The van der Waals surface area contributed by atoms with Crippen molar-refractivity contribution in [3.8, 4) is 0 Å². The zero-order valence-electron chi connectivity index (χ0n) is 14.8. The quantitative estimate of drug-likeness (QED) is 0.684. The zero-order chi connectivity index (χ0) is 19.3. The maximum Gasteiger partial charge on any atom is 0.261 e. The molecule has 6 heteroatoms. The van der Waals surface area contributed by atoms with Gasteiger partial charge in [-0.05, 0) is 42.8 Å². The lowest BCUT2D eigenvalue weighted by Crippen LogP contribution is -2.23. The van der Waals surface area contributed by atoms with Crippen molar-refractivity contribution in [2.24, 2.45) is 0 Å². The molecule has 0 spiro atoms. The minimum Gasteiger partial charge on any atom is -0.348 e. The molecule has 0 radical (unpaired) electrons. The molecule has 27 heavy (non-hydrogen) atoms. The van der Waals surface area contributed by atoms with Crippen LogP contribution in [0.2, 0.25) is 0 Å². The van der Waals surface area contributed by atoms with Gasteiger partial charge in [0.15, 0.2) is 0 Å². The first-order valence-electron chi connectivity index (χ1n) is 8.46. The van der Waals surface area contributed by atoms with E-state index in [4.69, 9.17) is 0 Å². The number of amides is 1. The number of nitrogens with one attached hydrogen (secondary N) is 2. The molecular formula is C21H20N2O3S. The van der Waals surface area contributed by atoms with Crippen LogP contribution in [0.15, 0.2) is 83.8 Å². The van der Waals surface area contributed by atoms with Gasteiger partial charge in [0, 0.05) is 17.8 Å². The predicted molar refractivity (Wildman–Crippen MR) is 106 cm³/mol. The number of aryl methyl sites for hydroxylation is 1. The Morgan fingerprint density at radius 1 is 0.889 bits per heavy atom. The third-order valence-corrected chi connectivity index (χ3v) is 5.39. The van der Waals surface area contributed by atoms with Crippen LogP contribution in [0.4, 0.5) is 5.69 Å². The second kappa shape index (κ2) is 8.05. The Kier molecular flexibility index (Phi) is 5.57. The fraction of sp³-hybridized carbons (Fsp3) is 0.0952. The van der Waals surface area contributed by atoms with Crippen LogP contribution in [0.3, 0.4) is 0 Å². The van der Waals surface area contributed by atoms with E-state index < -0.39 is 10.0 Å². The zero-order valence-corrected chi connectivity index (χ0v) is 15.7. The molecule has 0 bridgehead atoms. The van der Waals surface area contributed by atoms with Gasteiger partial charge in [0.2, 0.25) is 0 Å². The fourth-order valence-corrected chi connectivity index (χ4v) is 3.62. The smallest absolute Gasteiger partial charge is 0.261 e. The maximum atomic E-state index is 12.6. The Morgan fingerprint density at radius 3 is 2.30 bits per heavy atom. The fourth-order valence-electron chi connectivity index (χ4n) is 2.52. The first-order chi connectivity index (χ1) is 12.9. The van der Waals surface area contributed by atoms with Gasteiger partial charge in [0.25, 0.3) is 15.9 Å². The number of rotatable bonds is 6. The van der Waals surface area contributed by atoms with Crippen LogP contribution in [-0.4, -0.2) is 14.3 Å². The lowest BCUT2D eigenvalue weighted by molar-refractivity contribution is 0.0950. The van der Waals surface area contributed by atoms with Gasteiger partial charge in [-0.2, -0.15) is 0 Å². The highest BCUT2D eigenvalue weighted by molar-refractivity contribution is 7.92. The number of carbonyl (C=O) groups is 1. The molecule has 3 aromatic carbocycles. The summed E-state index contributed by atoms with van der Waals surface area (Å²) in [5.74, 6) is -0.328. The van der Waals surface area contributed by atoms with Crippen LogP contribution >= 0.6 is 0 Å². The Morgan fingerprint density at radius 2 is 1.59 bits per heavy atom. The van der Waals surface area contributed by atoms with Gasteiger partial charge in [-0.15, -0.1) is 0 Å². The molecule has 0 fully saturated rings. The molecule has 0 heterocycles. The molecule has 0 saturated carbocycles. The molecule has 0 aliphatic rings. The lowest BCUT2D eigenvalue weighted by atomic mass is 10.2. The highest BCUT2D eigenvalue weighted by Crippen LogP contribution is 2.18. The van der Waals surface area contributed by atoms with Crippen molar-refractivity contribution < 1.29 is 13.2 Å². The van der Waals surface area contributed by atoms with Crippen molar-refractivity contribution in [2.45, 2.75) is 18.4 Å². The highest BCUT2D eigenvalue weighted by Gasteiger charge is 2.16. The summed E-state index contributed by atoms with van der Waals surface area (Å²) in [4.78, 5) is 12.4. The number of hydrogen-bond acceptors (Lipinski definition) is 3. The van der Waals surface area contributed by atoms with Crippen LogP contribution in [0, 0.1) is 6.92 Å². The summed E-state index contributed by atoms with van der Waals surface area (Å²) in [6.07, 6.45) is 0. The Bertz CT molecular complexity index is 1030. The van der Waals surface area contributed by atoms with E-state index in [0.717, 1.165) is 11.1 Å². The molecule has 0 saturated heterocycles. The average Bonchev–Trinajstić information content (AvgIpc) is 2.68. The van der Waals surface area contributed by atoms with E-state index in [9.17, 15) is 13.2 Å². The number of hydrogen-bond donors (Lipinski definition) is 2. The van der Waals surface area contributed by atoms with Crippen LogP contribution in [-0.2, 0) is 16.6 Å². The van der Waals surface area contributed by atoms with Gasteiger partial charge in [0.1, 0.15) is 0 Å². The molecule has 3 rings (SSSR count). The van der Waals surface area contributed by atoms with Crippen LogP contribution < -0.4 is 10.0 Å². The topological polar surface area (TPSA) is 75.3 Å². The van der Waals surface area contributed by atoms with Gasteiger partial charge >= 0.3 is 0 Å². The highest BCUT2D eigenvalue weighted by atomic mass is 32.2. The number of carbonyl (C=O) groups excluding carboxylic acids is 1. The average molecular weight is 380 g/mol. The molecule has 5 nitrogen and oxygen atoms in total. The van der Waals surface area contributed by atoms with Gasteiger partial charge < -0.3 is 5.32 Å². The van der Waals surface area contributed by atoms with Crippen molar-refractivity contribution in [2.75, 3.05) is 4.72 Å². The van der Waals surface area contributed by atoms with E-state index in [1.807, 2.05) is 49.4 Å². The summed E-state index contributed by atoms with van der Waals surface area (Å²) in [5.41, 5.74) is 2.77. The SMILES string of the molecule is Cc1ccc(NS(=O)(=O)c2cccc(C(=O)NCc3ccccc3)c2)cc1. The van der Waals surface area contributed by atoms with Crippen molar-refractivity contribution >= 4 is 21.6 Å². The van der Waals surface area contributed by atoms with Crippen LogP contribution in [0.1, 0.15) is 21.5 Å². The predicted octanol–water partition coefficient (Wildman–Crippen LogP) is 3.73. The largest absolute Gasteiger partial charge is 0.348 e. The summed E-state index contributed by atoms with van der Waals surface area (Å²) in [7, 11) is -3.78. The lowest BCUT2D eigenvalue weighted by Gasteiger charge is -2.10. The van der Waals surface area contributed by atoms with E-state index >= 15 is 0 Å². The third kappa shape index (κ3) is 4.95. The monoisotopic (exact) mass is 380 g/mol. The molecular weight excluding hydrogens is 360 g/mol. The summed E-state index contributed by atoms with van der Waals surface area (Å²) in [6.45, 7) is 2.30. The molecule has 0 aliphatic heterocycles. The van der Waals surface area contributed by atoms with E-state index in [2.05, 4.69) is 10.0 Å². The molecule has 0 aromatic heterocycles. The van der Waals surface area contributed by atoms with E-state index in [1.54, 1.807) is 24.3 Å². The van der Waals surface area contributed by atoms with Crippen molar-refractivity contribution in [3.63, 3.8) is 0 Å². The van der Waals surface area contributed by atoms with Crippen molar-refractivity contribution in [1.29, 1.82) is 0 Å². The number of sulfonamides is 1. The van der Waals surface area contributed by atoms with Crippen molar-refractivity contribution in [3.05, 3.63) is 95.6 Å². The second-order valence-corrected chi connectivity index (χ2v) is 7.85. The van der Waals surface area contributed by atoms with Gasteiger partial charge in [0.05, 0.1) is 4.90 Å². The van der Waals surface area contributed by atoms with E-state index in [-0.39, 0.29) is 16.4 Å². The summed E-state index contributed by atoms with van der Waals surface area (Å²) in [5, 5.41) is 2.80. The molecule has 3 aromatic rings. The maximum absolute atomic E-state index is 12.6. The number of anilines is 1. The van der Waals surface area contributed by atoms with E-state index in [0.29, 0.717) is 12.2 Å². The molecule has 138 valence electrons. The normalized spacial score (nSPS) is 11.0. The second-order valence-electron chi connectivity index (χ2n) is 6.17. The number of benzene rings is 3. The van der Waals surface area contributed by atoms with E-state index in [1.165, 1.54) is 12.1 Å². The molecule has 0 aliphatic carbocycles. The molecule has 2 N–H and O–H groups in total. The standard InChI is InChI=1S/C21H20N2O3S/c1-16-10-12-19(13-11-16)23-27(25,26)20-9-5-8-18(14-20)21(24)22-15-17-6-3-2-4-7-17/h2-14,23H,15H2,1H3,(H,22,24). The molecule has 1 amide bonds. The molecule has 0 atom stereocenters. The van der Waals surface area contributed by atoms with Crippen LogP contribution in [0.5, 0.6) is 0 Å². The Balaban J connectivity index is 1.73.